The van der Waals surface area contributed by atoms with E-state index < -0.39 is 17.5 Å². The summed E-state index contributed by atoms with van der Waals surface area (Å²) in [7, 11) is 0. The summed E-state index contributed by atoms with van der Waals surface area (Å²) in [6.45, 7) is 2.26. The van der Waals surface area contributed by atoms with Gasteiger partial charge in [-0.15, -0.1) is 0 Å². The van der Waals surface area contributed by atoms with E-state index in [4.69, 9.17) is 9.47 Å². The minimum absolute atomic E-state index is 0.0943. The monoisotopic (exact) mass is 284 g/mol. The van der Waals surface area contributed by atoms with Crippen LogP contribution in [0.1, 0.15) is 24.5 Å². The van der Waals surface area contributed by atoms with Crippen LogP contribution >= 0.6 is 0 Å². The molecule has 1 aliphatic rings. The molecular formula is C16H16N2O3. The number of rotatable bonds is 3. The third-order valence-corrected chi connectivity index (χ3v) is 3.63. The van der Waals surface area contributed by atoms with E-state index in [1.807, 2.05) is 24.3 Å². The number of fused-ring (bicyclic) bond motifs is 1. The molecule has 0 aliphatic carbocycles. The van der Waals surface area contributed by atoms with E-state index in [2.05, 4.69) is 12.1 Å². The van der Waals surface area contributed by atoms with E-state index in [1.54, 1.807) is 6.92 Å². The molecule has 0 bridgehead atoms. The molecule has 1 aliphatic heterocycles. The summed E-state index contributed by atoms with van der Waals surface area (Å²) in [5.41, 5.74) is 0.477. The van der Waals surface area contributed by atoms with Gasteiger partial charge in [-0.2, -0.15) is 10.5 Å². The Labute approximate surface area is 123 Å². The molecule has 5 heteroatoms. The Bertz CT molecular complexity index is 599. The molecule has 0 aromatic heterocycles. The number of hydrogen-bond acceptors (Lipinski definition) is 5. The van der Waals surface area contributed by atoms with Gasteiger partial charge in [0.15, 0.2) is 5.41 Å². The molecular weight excluding hydrogens is 268 g/mol. The molecule has 1 aromatic carbocycles. The van der Waals surface area contributed by atoms with Crippen LogP contribution in [-0.4, -0.2) is 18.7 Å². The Kier molecular flexibility index (Phi) is 4.57. The van der Waals surface area contributed by atoms with Crippen LogP contribution in [0.15, 0.2) is 24.3 Å². The molecule has 1 heterocycles. The number of nitrogens with zero attached hydrogens (tertiary/aromatic N) is 2. The predicted molar refractivity (Wildman–Crippen MR) is 73.6 cm³/mol. The standard InChI is InChI=1S/C16H16N2O3/c1-2-20-15(19)7-14-16(10-17,11-18)8-12-5-3-4-6-13(12)9-21-14/h3-6,14H,2,7-9H2,1H3/t14-/m1/s1. The van der Waals surface area contributed by atoms with E-state index in [0.717, 1.165) is 11.1 Å². The number of carbonyl (C=O) groups excluding carboxylic acids is 1. The van der Waals surface area contributed by atoms with Crippen molar-refractivity contribution < 1.29 is 14.3 Å². The molecule has 2 rings (SSSR count). The first kappa shape index (κ1) is 15.0. The lowest BCUT2D eigenvalue weighted by atomic mass is 9.78. The highest BCUT2D eigenvalue weighted by Gasteiger charge is 2.44. The van der Waals surface area contributed by atoms with Crippen molar-refractivity contribution in [2.45, 2.75) is 32.5 Å². The van der Waals surface area contributed by atoms with E-state index in [1.165, 1.54) is 0 Å². The number of esters is 1. The van der Waals surface area contributed by atoms with Crippen molar-refractivity contribution in [2.75, 3.05) is 6.61 Å². The SMILES string of the molecule is CCOC(=O)C[C@H]1OCc2ccccc2CC1(C#N)C#N. The Hall–Kier alpha value is -2.37. The zero-order valence-electron chi connectivity index (χ0n) is 11.8. The molecule has 0 saturated carbocycles. The van der Waals surface area contributed by atoms with E-state index >= 15 is 0 Å². The van der Waals surface area contributed by atoms with Gasteiger partial charge in [0.05, 0.1) is 31.8 Å². The van der Waals surface area contributed by atoms with Crippen LogP contribution in [0.3, 0.4) is 0 Å². The third-order valence-electron chi connectivity index (χ3n) is 3.63. The van der Waals surface area contributed by atoms with E-state index in [9.17, 15) is 15.3 Å². The van der Waals surface area contributed by atoms with Crippen LogP contribution in [0, 0.1) is 28.1 Å². The van der Waals surface area contributed by atoms with Gasteiger partial charge in [-0.25, -0.2) is 0 Å². The second-order valence-electron chi connectivity index (χ2n) is 4.95. The van der Waals surface area contributed by atoms with Crippen LogP contribution in [0.5, 0.6) is 0 Å². The van der Waals surface area contributed by atoms with Gasteiger partial charge in [0.25, 0.3) is 0 Å². The lowest BCUT2D eigenvalue weighted by molar-refractivity contribution is -0.148. The van der Waals surface area contributed by atoms with Crippen molar-refractivity contribution >= 4 is 5.97 Å². The van der Waals surface area contributed by atoms with Gasteiger partial charge in [0.2, 0.25) is 0 Å². The normalized spacial score (nSPS) is 19.5. The molecule has 0 spiro atoms. The van der Waals surface area contributed by atoms with Gasteiger partial charge in [0, 0.05) is 6.42 Å². The van der Waals surface area contributed by atoms with Crippen molar-refractivity contribution in [1.29, 1.82) is 10.5 Å². The molecule has 108 valence electrons. The molecule has 0 amide bonds. The zero-order valence-corrected chi connectivity index (χ0v) is 11.8. The molecule has 5 nitrogen and oxygen atoms in total. The topological polar surface area (TPSA) is 83.1 Å². The highest BCUT2D eigenvalue weighted by molar-refractivity contribution is 5.70. The first-order valence-electron chi connectivity index (χ1n) is 6.81. The van der Waals surface area contributed by atoms with Gasteiger partial charge < -0.3 is 9.47 Å². The van der Waals surface area contributed by atoms with Crippen molar-refractivity contribution in [3.63, 3.8) is 0 Å². The molecule has 0 N–H and O–H groups in total. The highest BCUT2D eigenvalue weighted by atomic mass is 16.5. The summed E-state index contributed by atoms with van der Waals surface area (Å²) < 4.78 is 10.6. The van der Waals surface area contributed by atoms with Crippen molar-refractivity contribution in [1.82, 2.24) is 0 Å². The first-order chi connectivity index (χ1) is 10.1. The highest BCUT2D eigenvalue weighted by Crippen LogP contribution is 2.35. The maximum atomic E-state index is 11.7. The van der Waals surface area contributed by atoms with E-state index in [-0.39, 0.29) is 26.1 Å². The van der Waals surface area contributed by atoms with Crippen molar-refractivity contribution in [3.8, 4) is 12.1 Å². The Morgan fingerprint density at radius 2 is 2.05 bits per heavy atom. The van der Waals surface area contributed by atoms with Gasteiger partial charge >= 0.3 is 5.97 Å². The smallest absolute Gasteiger partial charge is 0.308 e. The number of hydrogen-bond donors (Lipinski definition) is 0. The van der Waals surface area contributed by atoms with Crippen molar-refractivity contribution in [3.05, 3.63) is 35.4 Å². The second-order valence-corrected chi connectivity index (χ2v) is 4.95. The summed E-state index contributed by atoms with van der Waals surface area (Å²) >= 11 is 0. The van der Waals surface area contributed by atoms with Gasteiger partial charge in [-0.1, -0.05) is 24.3 Å². The number of nitriles is 2. The first-order valence-corrected chi connectivity index (χ1v) is 6.81. The minimum Gasteiger partial charge on any atom is -0.466 e. The maximum absolute atomic E-state index is 11.7. The number of benzene rings is 1. The average molecular weight is 284 g/mol. The Morgan fingerprint density at radius 1 is 1.38 bits per heavy atom. The van der Waals surface area contributed by atoms with Gasteiger partial charge in [-0.05, 0) is 18.1 Å². The molecule has 21 heavy (non-hydrogen) atoms. The summed E-state index contributed by atoms with van der Waals surface area (Å²) in [6, 6.07) is 11.6. The van der Waals surface area contributed by atoms with Crippen LogP contribution in [-0.2, 0) is 27.3 Å². The zero-order chi connectivity index (χ0) is 15.3. The summed E-state index contributed by atoms with van der Waals surface area (Å²) in [5.74, 6) is -0.455. The third kappa shape index (κ3) is 3.04. The molecule has 1 aromatic rings. The van der Waals surface area contributed by atoms with Crippen LogP contribution in [0.25, 0.3) is 0 Å². The Morgan fingerprint density at radius 3 is 2.67 bits per heavy atom. The molecule has 1 atom stereocenters. The van der Waals surface area contributed by atoms with Crippen LogP contribution in [0.2, 0.25) is 0 Å². The maximum Gasteiger partial charge on any atom is 0.308 e. The quantitative estimate of drug-likeness (QED) is 0.794. The van der Waals surface area contributed by atoms with Gasteiger partial charge in [-0.3, -0.25) is 4.79 Å². The van der Waals surface area contributed by atoms with Crippen LogP contribution < -0.4 is 0 Å². The summed E-state index contributed by atoms with van der Waals surface area (Å²) in [5, 5.41) is 19.0. The number of ether oxygens (including phenoxy) is 2. The van der Waals surface area contributed by atoms with E-state index in [0.29, 0.717) is 0 Å². The van der Waals surface area contributed by atoms with Gasteiger partial charge in [0.1, 0.15) is 6.10 Å². The fourth-order valence-corrected chi connectivity index (χ4v) is 2.47. The fourth-order valence-electron chi connectivity index (χ4n) is 2.47. The largest absolute Gasteiger partial charge is 0.466 e. The lowest BCUT2D eigenvalue weighted by Crippen LogP contribution is -2.37. The van der Waals surface area contributed by atoms with Crippen molar-refractivity contribution in [2.24, 2.45) is 5.41 Å². The van der Waals surface area contributed by atoms with Crippen LogP contribution in [0.4, 0.5) is 0 Å². The minimum atomic E-state index is -1.38. The Balaban J connectivity index is 2.32. The molecule has 0 fully saturated rings. The fraction of sp³-hybridized carbons (Fsp3) is 0.438. The molecule has 0 saturated heterocycles. The number of carbonyl (C=O) groups is 1. The predicted octanol–water partition coefficient (Wildman–Crippen LogP) is 2.11. The molecule has 0 radical (unpaired) electrons. The lowest BCUT2D eigenvalue weighted by Gasteiger charge is -2.25. The second kappa shape index (κ2) is 6.39. The molecule has 0 unspecified atom stereocenters. The average Bonchev–Trinajstić information content (AvgIpc) is 2.65. The summed E-state index contributed by atoms with van der Waals surface area (Å²) in [4.78, 5) is 11.7. The summed E-state index contributed by atoms with van der Waals surface area (Å²) in [6.07, 6.45) is -0.637.